The summed E-state index contributed by atoms with van der Waals surface area (Å²) in [5, 5.41) is 23.4. The van der Waals surface area contributed by atoms with Crippen LogP contribution >= 0.6 is 0 Å². The minimum atomic E-state index is -0.167. The molecule has 2 aromatic rings. The highest BCUT2D eigenvalue weighted by atomic mass is 16.3. The lowest BCUT2D eigenvalue weighted by molar-refractivity contribution is 0.126. The molecule has 0 atom stereocenters. The molecule has 0 bridgehead atoms. The zero-order valence-electron chi connectivity index (χ0n) is 10.6. The summed E-state index contributed by atoms with van der Waals surface area (Å²) in [6, 6.07) is 5.56. The summed E-state index contributed by atoms with van der Waals surface area (Å²) < 4.78 is 0. The first-order valence-electron chi connectivity index (χ1n) is 6.62. The maximum Gasteiger partial charge on any atom is 0.223 e. The molecule has 1 aromatic heterocycles. The molecule has 1 aliphatic rings. The van der Waals surface area contributed by atoms with Crippen LogP contribution in [-0.4, -0.2) is 32.3 Å². The molecule has 1 aliphatic carbocycles. The highest BCUT2D eigenvalue weighted by Gasteiger charge is 2.19. The van der Waals surface area contributed by atoms with Crippen molar-refractivity contribution < 1.29 is 10.2 Å². The van der Waals surface area contributed by atoms with Gasteiger partial charge in [0.25, 0.3) is 0 Å². The number of benzene rings is 1. The van der Waals surface area contributed by atoms with Crippen LogP contribution in [0.15, 0.2) is 24.4 Å². The number of aliphatic hydroxyl groups is 1. The summed E-state index contributed by atoms with van der Waals surface area (Å²) in [6.45, 7) is 0. The molecule has 0 unspecified atom stereocenters. The van der Waals surface area contributed by atoms with E-state index in [4.69, 9.17) is 0 Å². The number of para-hydroxylation sites is 1. The van der Waals surface area contributed by atoms with Crippen molar-refractivity contribution in [2.45, 2.75) is 37.8 Å². The lowest BCUT2D eigenvalue weighted by Crippen LogP contribution is -2.28. The molecule has 5 heteroatoms. The van der Waals surface area contributed by atoms with Crippen molar-refractivity contribution in [3.05, 3.63) is 24.4 Å². The molecule has 0 aliphatic heterocycles. The van der Waals surface area contributed by atoms with Gasteiger partial charge in [-0.1, -0.05) is 12.1 Å². The van der Waals surface area contributed by atoms with Crippen LogP contribution in [0.1, 0.15) is 25.7 Å². The van der Waals surface area contributed by atoms with Crippen molar-refractivity contribution >= 4 is 16.9 Å². The van der Waals surface area contributed by atoms with E-state index in [1.807, 2.05) is 6.07 Å². The third kappa shape index (κ3) is 2.61. The number of rotatable bonds is 2. The molecule has 5 nitrogen and oxygen atoms in total. The number of aliphatic hydroxyl groups excluding tert-OH is 1. The van der Waals surface area contributed by atoms with Gasteiger partial charge in [0.2, 0.25) is 5.95 Å². The normalized spacial score (nSPS) is 23.4. The molecule has 0 amide bonds. The fraction of sp³-hybridized carbons (Fsp3) is 0.429. The van der Waals surface area contributed by atoms with E-state index in [-0.39, 0.29) is 11.9 Å². The molecule has 1 saturated carbocycles. The fourth-order valence-electron chi connectivity index (χ4n) is 2.51. The Balaban J connectivity index is 1.80. The Morgan fingerprint density at radius 3 is 2.74 bits per heavy atom. The van der Waals surface area contributed by atoms with Crippen molar-refractivity contribution in [2.24, 2.45) is 0 Å². The Morgan fingerprint density at radius 2 is 1.95 bits per heavy atom. The summed E-state index contributed by atoms with van der Waals surface area (Å²) in [5.74, 6) is 0.706. The van der Waals surface area contributed by atoms with Crippen LogP contribution in [0.4, 0.5) is 5.95 Å². The maximum absolute atomic E-state index is 9.79. The number of phenolic OH excluding ortho intramolecular Hbond substituents is 1. The first kappa shape index (κ1) is 12.2. The minimum Gasteiger partial charge on any atom is -0.506 e. The van der Waals surface area contributed by atoms with Gasteiger partial charge in [-0.05, 0) is 31.7 Å². The molecule has 3 rings (SSSR count). The molecule has 19 heavy (non-hydrogen) atoms. The molecule has 0 spiro atoms. The number of anilines is 1. The standard InChI is InChI=1S/C14H17N3O2/c18-11-6-4-10(5-7-11)16-14-15-8-9-2-1-3-12(19)13(9)17-14/h1-3,8,10-11,18-19H,4-7H2,(H,15,16,17). The number of hydrogen-bond donors (Lipinski definition) is 3. The van der Waals surface area contributed by atoms with Gasteiger partial charge in [-0.2, -0.15) is 0 Å². The summed E-state index contributed by atoms with van der Waals surface area (Å²) in [5.41, 5.74) is 0.566. The number of nitrogens with zero attached hydrogens (tertiary/aromatic N) is 2. The molecule has 0 radical (unpaired) electrons. The van der Waals surface area contributed by atoms with E-state index < -0.39 is 0 Å². The van der Waals surface area contributed by atoms with Crippen molar-refractivity contribution in [1.82, 2.24) is 9.97 Å². The van der Waals surface area contributed by atoms with Crippen molar-refractivity contribution in [3.63, 3.8) is 0 Å². The van der Waals surface area contributed by atoms with E-state index >= 15 is 0 Å². The lowest BCUT2D eigenvalue weighted by atomic mass is 9.93. The van der Waals surface area contributed by atoms with Crippen LogP contribution in [0.2, 0.25) is 0 Å². The quantitative estimate of drug-likeness (QED) is 0.769. The van der Waals surface area contributed by atoms with Gasteiger partial charge in [0.05, 0.1) is 6.10 Å². The Hall–Kier alpha value is -1.88. The zero-order valence-corrected chi connectivity index (χ0v) is 10.6. The SMILES string of the molecule is Oc1cccc2cnc(NC3CCC(O)CC3)nc12. The summed E-state index contributed by atoms with van der Waals surface area (Å²) >= 11 is 0. The van der Waals surface area contributed by atoms with E-state index in [9.17, 15) is 10.2 Å². The highest BCUT2D eigenvalue weighted by Crippen LogP contribution is 2.24. The predicted octanol–water partition coefficient (Wildman–Crippen LogP) is 2.05. The molecule has 1 fully saturated rings. The van der Waals surface area contributed by atoms with E-state index in [0.29, 0.717) is 17.5 Å². The number of nitrogens with one attached hydrogen (secondary N) is 1. The largest absolute Gasteiger partial charge is 0.506 e. The van der Waals surface area contributed by atoms with Gasteiger partial charge in [0, 0.05) is 17.6 Å². The Kier molecular flexibility index (Phi) is 3.21. The van der Waals surface area contributed by atoms with Crippen molar-refractivity contribution in [3.8, 4) is 5.75 Å². The van der Waals surface area contributed by atoms with Crippen LogP contribution in [0.3, 0.4) is 0 Å². The average molecular weight is 259 g/mol. The molecule has 0 saturated heterocycles. The maximum atomic E-state index is 9.79. The number of aromatic hydroxyl groups is 1. The van der Waals surface area contributed by atoms with Gasteiger partial charge in [0.1, 0.15) is 11.3 Å². The van der Waals surface area contributed by atoms with E-state index in [2.05, 4.69) is 15.3 Å². The van der Waals surface area contributed by atoms with Gasteiger partial charge in [0.15, 0.2) is 0 Å². The van der Waals surface area contributed by atoms with Crippen molar-refractivity contribution in [2.75, 3.05) is 5.32 Å². The summed E-state index contributed by atoms with van der Waals surface area (Å²) in [4.78, 5) is 8.62. The Bertz CT molecular complexity index is 580. The topological polar surface area (TPSA) is 78.3 Å². The van der Waals surface area contributed by atoms with E-state index in [1.54, 1.807) is 18.3 Å². The number of aromatic nitrogens is 2. The smallest absolute Gasteiger partial charge is 0.223 e. The fourth-order valence-corrected chi connectivity index (χ4v) is 2.51. The van der Waals surface area contributed by atoms with Crippen LogP contribution in [0, 0.1) is 0 Å². The molecule has 100 valence electrons. The minimum absolute atomic E-state index is 0.167. The van der Waals surface area contributed by atoms with Gasteiger partial charge in [-0.25, -0.2) is 9.97 Å². The lowest BCUT2D eigenvalue weighted by Gasteiger charge is -2.26. The molecule has 1 heterocycles. The van der Waals surface area contributed by atoms with Gasteiger partial charge >= 0.3 is 0 Å². The summed E-state index contributed by atoms with van der Waals surface area (Å²) in [7, 11) is 0. The molecular formula is C14H17N3O2. The Morgan fingerprint density at radius 1 is 1.16 bits per heavy atom. The van der Waals surface area contributed by atoms with E-state index in [0.717, 1.165) is 31.1 Å². The van der Waals surface area contributed by atoms with E-state index in [1.165, 1.54) is 0 Å². The van der Waals surface area contributed by atoms with Crippen LogP contribution in [0.5, 0.6) is 5.75 Å². The second-order valence-corrected chi connectivity index (χ2v) is 5.06. The van der Waals surface area contributed by atoms with Crippen molar-refractivity contribution in [1.29, 1.82) is 0 Å². The van der Waals surface area contributed by atoms with Gasteiger partial charge < -0.3 is 15.5 Å². The number of phenols is 1. The third-order valence-electron chi connectivity index (χ3n) is 3.62. The number of hydrogen-bond acceptors (Lipinski definition) is 5. The third-order valence-corrected chi connectivity index (χ3v) is 3.62. The van der Waals surface area contributed by atoms with Crippen LogP contribution < -0.4 is 5.32 Å². The predicted molar refractivity (Wildman–Crippen MR) is 73.1 cm³/mol. The highest BCUT2D eigenvalue weighted by molar-refractivity contribution is 5.84. The van der Waals surface area contributed by atoms with Gasteiger partial charge in [-0.3, -0.25) is 0 Å². The second-order valence-electron chi connectivity index (χ2n) is 5.06. The monoisotopic (exact) mass is 259 g/mol. The zero-order chi connectivity index (χ0) is 13.2. The first-order chi connectivity index (χ1) is 9.22. The van der Waals surface area contributed by atoms with Gasteiger partial charge in [-0.15, -0.1) is 0 Å². The second kappa shape index (κ2) is 5.01. The molecule has 3 N–H and O–H groups in total. The number of fused-ring (bicyclic) bond motifs is 1. The molecule has 1 aromatic carbocycles. The molecular weight excluding hydrogens is 242 g/mol. The van der Waals surface area contributed by atoms with Crippen LogP contribution in [0.25, 0.3) is 10.9 Å². The van der Waals surface area contributed by atoms with Crippen LogP contribution in [-0.2, 0) is 0 Å². The average Bonchev–Trinajstić information content (AvgIpc) is 2.42. The first-order valence-corrected chi connectivity index (χ1v) is 6.62. The Labute approximate surface area is 111 Å². The summed E-state index contributed by atoms with van der Waals surface area (Å²) in [6.07, 6.45) is 5.02.